The zero-order chi connectivity index (χ0) is 13.0. The molecular weight excluding hydrogens is 252 g/mol. The highest BCUT2D eigenvalue weighted by Gasteiger charge is 2.20. The van der Waals surface area contributed by atoms with Gasteiger partial charge < -0.3 is 4.90 Å². The third-order valence-corrected chi connectivity index (χ3v) is 3.72. The van der Waals surface area contributed by atoms with Crippen molar-refractivity contribution in [3.05, 3.63) is 24.5 Å². The molecule has 0 atom stereocenters. The normalized spacial score (nSPS) is 17.9. The quantitative estimate of drug-likeness (QED) is 0.771. The molecule has 1 aliphatic rings. The van der Waals surface area contributed by atoms with Gasteiger partial charge in [0.15, 0.2) is 0 Å². The Labute approximate surface area is 108 Å². The van der Waals surface area contributed by atoms with Gasteiger partial charge in [-0.25, -0.2) is 0 Å². The molecule has 1 fully saturated rings. The van der Waals surface area contributed by atoms with Crippen LogP contribution in [0.1, 0.15) is 12.8 Å². The molecule has 1 aromatic rings. The van der Waals surface area contributed by atoms with E-state index in [1.165, 1.54) is 5.69 Å². The Balaban J connectivity index is 1.82. The van der Waals surface area contributed by atoms with E-state index in [1.54, 1.807) is 12.4 Å². The topological polar surface area (TPSA) is 59.5 Å². The van der Waals surface area contributed by atoms with Crippen LogP contribution in [0.15, 0.2) is 24.5 Å². The van der Waals surface area contributed by atoms with E-state index < -0.39 is 10.1 Å². The molecular formula is C12H18N2O3S. The van der Waals surface area contributed by atoms with E-state index in [1.807, 2.05) is 12.1 Å². The minimum absolute atomic E-state index is 0.309. The molecule has 6 heteroatoms. The molecule has 100 valence electrons. The number of nitrogens with zero attached hydrogens (tertiary/aromatic N) is 2. The molecule has 1 saturated heterocycles. The highest BCUT2D eigenvalue weighted by Crippen LogP contribution is 2.23. The van der Waals surface area contributed by atoms with E-state index in [4.69, 9.17) is 4.18 Å². The molecule has 0 aliphatic carbocycles. The van der Waals surface area contributed by atoms with Crippen LogP contribution in [0.5, 0.6) is 0 Å². The SMILES string of the molecule is CS(=O)(=O)OCC1CCN(c2ccncc2)CC1. The fourth-order valence-electron chi connectivity index (χ4n) is 2.13. The van der Waals surface area contributed by atoms with Gasteiger partial charge in [-0.2, -0.15) is 8.42 Å². The molecule has 0 N–H and O–H groups in total. The molecule has 1 aliphatic heterocycles. The van der Waals surface area contributed by atoms with Gasteiger partial charge in [0.25, 0.3) is 10.1 Å². The van der Waals surface area contributed by atoms with Crippen molar-refractivity contribution in [2.45, 2.75) is 12.8 Å². The molecule has 0 aromatic carbocycles. The van der Waals surface area contributed by atoms with Gasteiger partial charge in [-0.05, 0) is 30.9 Å². The third kappa shape index (κ3) is 3.96. The van der Waals surface area contributed by atoms with Crippen molar-refractivity contribution in [2.75, 3.05) is 30.9 Å². The minimum atomic E-state index is -3.31. The van der Waals surface area contributed by atoms with Crippen molar-refractivity contribution in [3.63, 3.8) is 0 Å². The molecule has 2 rings (SSSR count). The summed E-state index contributed by atoms with van der Waals surface area (Å²) in [5, 5.41) is 0. The van der Waals surface area contributed by atoms with Gasteiger partial charge >= 0.3 is 0 Å². The van der Waals surface area contributed by atoms with Crippen LogP contribution < -0.4 is 4.90 Å². The lowest BCUT2D eigenvalue weighted by molar-refractivity contribution is 0.230. The summed E-state index contributed by atoms with van der Waals surface area (Å²) < 4.78 is 26.7. The van der Waals surface area contributed by atoms with E-state index in [0.717, 1.165) is 32.2 Å². The van der Waals surface area contributed by atoms with E-state index in [-0.39, 0.29) is 0 Å². The van der Waals surface area contributed by atoms with Gasteiger partial charge in [-0.15, -0.1) is 0 Å². The number of anilines is 1. The average Bonchev–Trinajstić information content (AvgIpc) is 2.37. The second-order valence-corrected chi connectivity index (χ2v) is 6.27. The Bertz CT molecular complexity index is 467. The molecule has 0 unspecified atom stereocenters. The van der Waals surface area contributed by atoms with Gasteiger partial charge in [0.05, 0.1) is 12.9 Å². The Hall–Kier alpha value is -1.14. The molecule has 0 bridgehead atoms. The summed E-state index contributed by atoms with van der Waals surface area (Å²) in [6.07, 6.45) is 6.58. The number of hydrogen-bond donors (Lipinski definition) is 0. The van der Waals surface area contributed by atoms with Crippen LogP contribution in [0, 0.1) is 5.92 Å². The van der Waals surface area contributed by atoms with E-state index in [9.17, 15) is 8.42 Å². The zero-order valence-electron chi connectivity index (χ0n) is 10.4. The Morgan fingerprint density at radius 3 is 2.50 bits per heavy atom. The van der Waals surface area contributed by atoms with Gasteiger partial charge in [-0.1, -0.05) is 0 Å². The maximum Gasteiger partial charge on any atom is 0.264 e. The third-order valence-electron chi connectivity index (χ3n) is 3.16. The summed E-state index contributed by atoms with van der Waals surface area (Å²) in [6.45, 7) is 2.17. The number of piperidine rings is 1. The smallest absolute Gasteiger partial charge is 0.264 e. The Kier molecular flexibility index (Phi) is 4.19. The lowest BCUT2D eigenvalue weighted by atomic mass is 9.97. The molecule has 0 amide bonds. The molecule has 18 heavy (non-hydrogen) atoms. The monoisotopic (exact) mass is 270 g/mol. The van der Waals surface area contributed by atoms with Crippen LogP contribution in [0.2, 0.25) is 0 Å². The first-order chi connectivity index (χ1) is 8.54. The fourth-order valence-corrected chi connectivity index (χ4v) is 2.57. The Morgan fingerprint density at radius 2 is 1.94 bits per heavy atom. The van der Waals surface area contributed by atoms with Gasteiger partial charge in [0, 0.05) is 31.2 Å². The lowest BCUT2D eigenvalue weighted by Gasteiger charge is -2.33. The first-order valence-electron chi connectivity index (χ1n) is 6.04. The largest absolute Gasteiger partial charge is 0.371 e. The number of pyridine rings is 1. The van der Waals surface area contributed by atoms with Gasteiger partial charge in [-0.3, -0.25) is 9.17 Å². The van der Waals surface area contributed by atoms with Crippen LogP contribution in [-0.2, 0) is 14.3 Å². The molecule has 0 saturated carbocycles. The summed E-state index contributed by atoms with van der Waals surface area (Å²) in [7, 11) is -3.31. The first-order valence-corrected chi connectivity index (χ1v) is 7.85. The second-order valence-electron chi connectivity index (χ2n) is 4.62. The van der Waals surface area contributed by atoms with Gasteiger partial charge in [0.1, 0.15) is 0 Å². The van der Waals surface area contributed by atoms with E-state index in [0.29, 0.717) is 12.5 Å². The van der Waals surface area contributed by atoms with Gasteiger partial charge in [0.2, 0.25) is 0 Å². The average molecular weight is 270 g/mol. The maximum absolute atomic E-state index is 10.9. The van der Waals surface area contributed by atoms with Crippen LogP contribution in [0.4, 0.5) is 5.69 Å². The molecule has 0 radical (unpaired) electrons. The first kappa shape index (κ1) is 13.3. The Morgan fingerprint density at radius 1 is 1.33 bits per heavy atom. The minimum Gasteiger partial charge on any atom is -0.371 e. The van der Waals surface area contributed by atoms with E-state index in [2.05, 4.69) is 9.88 Å². The molecule has 0 spiro atoms. The van der Waals surface area contributed by atoms with Crippen LogP contribution >= 0.6 is 0 Å². The maximum atomic E-state index is 10.9. The second kappa shape index (κ2) is 5.67. The van der Waals surface area contributed by atoms with Crippen molar-refractivity contribution in [1.29, 1.82) is 0 Å². The highest BCUT2D eigenvalue weighted by molar-refractivity contribution is 7.85. The summed E-state index contributed by atoms with van der Waals surface area (Å²) in [5.74, 6) is 0.331. The molecule has 5 nitrogen and oxygen atoms in total. The van der Waals surface area contributed by atoms with Crippen LogP contribution in [0.3, 0.4) is 0 Å². The summed E-state index contributed by atoms with van der Waals surface area (Å²) in [5.41, 5.74) is 1.17. The van der Waals surface area contributed by atoms with Crippen molar-refractivity contribution in [3.8, 4) is 0 Å². The lowest BCUT2D eigenvalue weighted by Crippen LogP contribution is -2.35. The van der Waals surface area contributed by atoms with Crippen LogP contribution in [0.25, 0.3) is 0 Å². The standard InChI is InChI=1S/C12H18N2O3S/c1-18(15,16)17-10-11-4-8-14(9-5-11)12-2-6-13-7-3-12/h2-3,6-7,11H,4-5,8-10H2,1H3. The fraction of sp³-hybridized carbons (Fsp3) is 0.583. The van der Waals surface area contributed by atoms with Crippen molar-refractivity contribution >= 4 is 15.8 Å². The zero-order valence-corrected chi connectivity index (χ0v) is 11.3. The number of rotatable bonds is 4. The van der Waals surface area contributed by atoms with E-state index >= 15 is 0 Å². The summed E-state index contributed by atoms with van der Waals surface area (Å²) in [4.78, 5) is 6.29. The highest BCUT2D eigenvalue weighted by atomic mass is 32.2. The molecule has 2 heterocycles. The number of hydrogen-bond acceptors (Lipinski definition) is 5. The van der Waals surface area contributed by atoms with Crippen molar-refractivity contribution < 1.29 is 12.6 Å². The predicted molar refractivity (Wildman–Crippen MR) is 70.0 cm³/mol. The van der Waals surface area contributed by atoms with Crippen LogP contribution in [-0.4, -0.2) is 39.4 Å². The summed E-state index contributed by atoms with van der Waals surface area (Å²) >= 11 is 0. The van der Waals surface area contributed by atoms with Crippen molar-refractivity contribution in [1.82, 2.24) is 4.98 Å². The predicted octanol–water partition coefficient (Wildman–Crippen LogP) is 1.27. The van der Waals surface area contributed by atoms with Crippen molar-refractivity contribution in [2.24, 2.45) is 5.92 Å². The number of aromatic nitrogens is 1. The summed E-state index contributed by atoms with van der Waals surface area (Å²) in [6, 6.07) is 3.99. The molecule has 1 aromatic heterocycles.